The zero-order chi connectivity index (χ0) is 14.0. The molecular formula is C15H22N2O2. The molecule has 0 saturated heterocycles. The fraction of sp³-hybridized carbons (Fsp3) is 0.533. The first-order chi connectivity index (χ1) is 9.04. The molecule has 1 atom stereocenters. The van der Waals surface area contributed by atoms with Crippen LogP contribution in [0, 0.1) is 5.92 Å². The Morgan fingerprint density at radius 1 is 1.42 bits per heavy atom. The van der Waals surface area contributed by atoms with Crippen LogP contribution in [0.5, 0.6) is 5.75 Å². The molecule has 1 aromatic carbocycles. The van der Waals surface area contributed by atoms with Gasteiger partial charge in [-0.1, -0.05) is 19.9 Å². The molecule has 1 N–H and O–H groups in total. The van der Waals surface area contributed by atoms with Crippen molar-refractivity contribution in [3.8, 4) is 5.75 Å². The number of amides is 1. The van der Waals surface area contributed by atoms with E-state index in [4.69, 9.17) is 4.74 Å². The van der Waals surface area contributed by atoms with Gasteiger partial charge in [0, 0.05) is 13.6 Å². The van der Waals surface area contributed by atoms with Gasteiger partial charge in [0.2, 0.25) is 0 Å². The lowest BCUT2D eigenvalue weighted by molar-refractivity contribution is -0.120. The van der Waals surface area contributed by atoms with Gasteiger partial charge in [-0.05, 0) is 36.6 Å². The van der Waals surface area contributed by atoms with Crippen LogP contribution in [0.1, 0.15) is 25.3 Å². The molecule has 4 nitrogen and oxygen atoms in total. The molecule has 104 valence electrons. The molecule has 4 heteroatoms. The van der Waals surface area contributed by atoms with Gasteiger partial charge in [0.15, 0.2) is 6.61 Å². The summed E-state index contributed by atoms with van der Waals surface area (Å²) in [6.45, 7) is 5.49. The van der Waals surface area contributed by atoms with Crippen LogP contribution in [-0.2, 0) is 4.79 Å². The van der Waals surface area contributed by atoms with Gasteiger partial charge in [-0.15, -0.1) is 0 Å². The van der Waals surface area contributed by atoms with Crippen LogP contribution in [0.4, 0.5) is 5.69 Å². The lowest BCUT2D eigenvalue weighted by atomic mass is 9.88. The number of nitrogens with one attached hydrogen (secondary N) is 1. The van der Waals surface area contributed by atoms with Crippen molar-refractivity contribution in [3.05, 3.63) is 23.8 Å². The van der Waals surface area contributed by atoms with E-state index in [-0.39, 0.29) is 12.5 Å². The fourth-order valence-electron chi connectivity index (χ4n) is 2.48. The Balaban J connectivity index is 2.36. The molecule has 0 bridgehead atoms. The average Bonchev–Trinajstić information content (AvgIpc) is 2.40. The first kappa shape index (κ1) is 13.9. The Morgan fingerprint density at radius 3 is 2.79 bits per heavy atom. The average molecular weight is 262 g/mol. The number of likely N-dealkylation sites (N-methyl/N-ethyl adjacent to an activating group) is 2. The predicted molar refractivity (Wildman–Crippen MR) is 76.9 cm³/mol. The monoisotopic (exact) mass is 262 g/mol. The first-order valence-corrected chi connectivity index (χ1v) is 6.72. The molecule has 1 heterocycles. The van der Waals surface area contributed by atoms with Gasteiger partial charge < -0.3 is 15.0 Å². The van der Waals surface area contributed by atoms with Crippen LogP contribution < -0.4 is 15.0 Å². The van der Waals surface area contributed by atoms with Crippen molar-refractivity contribution in [2.24, 2.45) is 5.92 Å². The molecule has 0 radical (unpaired) electrons. The van der Waals surface area contributed by atoms with E-state index in [9.17, 15) is 4.79 Å². The van der Waals surface area contributed by atoms with Crippen molar-refractivity contribution in [2.75, 3.05) is 32.1 Å². The molecule has 0 spiro atoms. The van der Waals surface area contributed by atoms with Gasteiger partial charge in [0.05, 0.1) is 5.69 Å². The molecule has 0 aliphatic carbocycles. The second-order valence-corrected chi connectivity index (χ2v) is 5.38. The standard InChI is InChI=1S/C15H22N2O2/c1-10(2)12(8-16-3)11-5-6-14-13(7-11)17(4)15(18)9-19-14/h5-7,10,12,16H,8-9H2,1-4H3. The largest absolute Gasteiger partial charge is 0.482 e. The van der Waals surface area contributed by atoms with E-state index in [1.165, 1.54) is 5.56 Å². The van der Waals surface area contributed by atoms with Crippen LogP contribution in [0.25, 0.3) is 0 Å². The van der Waals surface area contributed by atoms with Crippen LogP contribution in [0.15, 0.2) is 18.2 Å². The summed E-state index contributed by atoms with van der Waals surface area (Å²) in [4.78, 5) is 13.4. The molecule has 0 saturated carbocycles. The lowest BCUT2D eigenvalue weighted by Gasteiger charge is -2.28. The normalized spacial score (nSPS) is 16.3. The van der Waals surface area contributed by atoms with Crippen LogP contribution >= 0.6 is 0 Å². The van der Waals surface area contributed by atoms with Crippen molar-refractivity contribution in [1.82, 2.24) is 5.32 Å². The molecular weight excluding hydrogens is 240 g/mol. The maximum Gasteiger partial charge on any atom is 0.264 e. The number of carbonyl (C=O) groups excluding carboxylic acids is 1. The number of anilines is 1. The van der Waals surface area contributed by atoms with Gasteiger partial charge in [-0.2, -0.15) is 0 Å². The number of rotatable bonds is 4. The van der Waals surface area contributed by atoms with E-state index in [0.717, 1.165) is 18.0 Å². The Hall–Kier alpha value is -1.55. The van der Waals surface area contributed by atoms with E-state index in [1.807, 2.05) is 13.1 Å². The van der Waals surface area contributed by atoms with Crippen LogP contribution in [0.3, 0.4) is 0 Å². The third-order valence-electron chi connectivity index (χ3n) is 3.73. The van der Waals surface area contributed by atoms with E-state index in [0.29, 0.717) is 11.8 Å². The van der Waals surface area contributed by atoms with Crippen molar-refractivity contribution < 1.29 is 9.53 Å². The van der Waals surface area contributed by atoms with E-state index >= 15 is 0 Å². The van der Waals surface area contributed by atoms with Crippen LogP contribution in [0.2, 0.25) is 0 Å². The smallest absolute Gasteiger partial charge is 0.264 e. The Morgan fingerprint density at radius 2 is 2.16 bits per heavy atom. The molecule has 1 amide bonds. The molecule has 1 unspecified atom stereocenters. The fourth-order valence-corrected chi connectivity index (χ4v) is 2.48. The highest BCUT2D eigenvalue weighted by Crippen LogP contribution is 2.35. The third-order valence-corrected chi connectivity index (χ3v) is 3.73. The molecule has 19 heavy (non-hydrogen) atoms. The maximum atomic E-state index is 11.7. The van der Waals surface area contributed by atoms with Gasteiger partial charge >= 0.3 is 0 Å². The minimum atomic E-state index is -0.000589. The number of hydrogen-bond acceptors (Lipinski definition) is 3. The van der Waals surface area contributed by atoms with Crippen molar-refractivity contribution >= 4 is 11.6 Å². The van der Waals surface area contributed by atoms with Crippen molar-refractivity contribution in [3.63, 3.8) is 0 Å². The van der Waals surface area contributed by atoms with Crippen molar-refractivity contribution in [2.45, 2.75) is 19.8 Å². The molecule has 1 aromatic rings. The Labute approximate surface area is 114 Å². The SMILES string of the molecule is CNCC(c1ccc2c(c1)N(C)C(=O)CO2)C(C)C. The van der Waals surface area contributed by atoms with Gasteiger partial charge in [0.25, 0.3) is 5.91 Å². The summed E-state index contributed by atoms with van der Waals surface area (Å²) in [7, 11) is 3.77. The molecule has 2 rings (SSSR count). The van der Waals surface area contributed by atoms with Gasteiger partial charge in [-0.3, -0.25) is 4.79 Å². The zero-order valence-electron chi connectivity index (χ0n) is 12.1. The highest BCUT2D eigenvalue weighted by molar-refractivity contribution is 5.97. The lowest BCUT2D eigenvalue weighted by Crippen LogP contribution is -2.35. The minimum Gasteiger partial charge on any atom is -0.482 e. The van der Waals surface area contributed by atoms with Crippen molar-refractivity contribution in [1.29, 1.82) is 0 Å². The first-order valence-electron chi connectivity index (χ1n) is 6.72. The quantitative estimate of drug-likeness (QED) is 0.902. The summed E-state index contributed by atoms with van der Waals surface area (Å²) >= 11 is 0. The summed E-state index contributed by atoms with van der Waals surface area (Å²) in [5.74, 6) is 1.76. The summed E-state index contributed by atoms with van der Waals surface area (Å²) < 4.78 is 5.45. The second-order valence-electron chi connectivity index (χ2n) is 5.38. The summed E-state index contributed by atoms with van der Waals surface area (Å²) in [5.41, 5.74) is 2.11. The Kier molecular flexibility index (Phi) is 4.10. The predicted octanol–water partition coefficient (Wildman–Crippen LogP) is 2.00. The minimum absolute atomic E-state index is 0.000589. The zero-order valence-corrected chi connectivity index (χ0v) is 12.1. The van der Waals surface area contributed by atoms with E-state index in [1.54, 1.807) is 11.9 Å². The number of nitrogens with zero attached hydrogens (tertiary/aromatic N) is 1. The maximum absolute atomic E-state index is 11.7. The third kappa shape index (κ3) is 2.73. The molecule has 1 aliphatic rings. The van der Waals surface area contributed by atoms with E-state index < -0.39 is 0 Å². The molecule has 0 fully saturated rings. The molecule has 1 aliphatic heterocycles. The van der Waals surface area contributed by atoms with Gasteiger partial charge in [0.1, 0.15) is 5.75 Å². The number of ether oxygens (including phenoxy) is 1. The van der Waals surface area contributed by atoms with Crippen LogP contribution in [-0.4, -0.2) is 33.2 Å². The van der Waals surface area contributed by atoms with Gasteiger partial charge in [-0.25, -0.2) is 0 Å². The number of hydrogen-bond donors (Lipinski definition) is 1. The summed E-state index contributed by atoms with van der Waals surface area (Å²) in [5, 5.41) is 3.24. The highest BCUT2D eigenvalue weighted by Gasteiger charge is 2.24. The molecule has 0 aromatic heterocycles. The highest BCUT2D eigenvalue weighted by atomic mass is 16.5. The topological polar surface area (TPSA) is 41.6 Å². The summed E-state index contributed by atoms with van der Waals surface area (Å²) in [6.07, 6.45) is 0. The second kappa shape index (κ2) is 5.61. The number of benzene rings is 1. The number of carbonyl (C=O) groups is 1. The number of fused-ring (bicyclic) bond motifs is 1. The van der Waals surface area contributed by atoms with E-state index in [2.05, 4.69) is 31.3 Å². The Bertz CT molecular complexity index is 471. The summed E-state index contributed by atoms with van der Waals surface area (Å²) in [6, 6.07) is 6.15.